The smallest absolute Gasteiger partial charge is 0.279 e. The molecule has 110 valence electrons. The first-order valence-electron chi connectivity index (χ1n) is 6.58. The van der Waals surface area contributed by atoms with Gasteiger partial charge in [0.1, 0.15) is 0 Å². The summed E-state index contributed by atoms with van der Waals surface area (Å²) in [5.74, 6) is 0. The molecule has 0 spiro atoms. The molecule has 0 unspecified atom stereocenters. The number of hydrogen-bond acceptors (Lipinski definition) is 1. The Morgan fingerprint density at radius 2 is 1.82 bits per heavy atom. The fourth-order valence-corrected chi connectivity index (χ4v) is 2.64. The second-order valence-electron chi connectivity index (χ2n) is 4.79. The number of halogens is 2. The first-order valence-corrected chi connectivity index (χ1v) is 7.34. The fourth-order valence-electron chi connectivity index (χ4n) is 2.18. The third kappa shape index (κ3) is 2.73. The predicted octanol–water partition coefficient (Wildman–Crippen LogP) is 2.71. The van der Waals surface area contributed by atoms with Gasteiger partial charge in [0, 0.05) is 10.0 Å². The van der Waals surface area contributed by atoms with E-state index in [1.807, 2.05) is 30.3 Å². The molecule has 0 aliphatic heterocycles. The Balaban J connectivity index is 2.21. The Morgan fingerprint density at radius 3 is 2.50 bits per heavy atom. The van der Waals surface area contributed by atoms with Gasteiger partial charge in [-0.1, -0.05) is 54.0 Å². The molecule has 0 saturated heterocycles. The number of aromatic amines is 1. The molecule has 5 heteroatoms. The van der Waals surface area contributed by atoms with Crippen LogP contribution >= 0.6 is 23.2 Å². The Labute approximate surface area is 136 Å². The fraction of sp³-hybridized carbons (Fsp3) is 0. The third-order valence-corrected chi connectivity index (χ3v) is 3.84. The normalized spacial score (nSPS) is 11.8. The minimum atomic E-state index is -0.179. The number of nitrogens with one attached hydrogen (secondary N) is 1. The number of aromatic nitrogens is 2. The summed E-state index contributed by atoms with van der Waals surface area (Å²) in [7, 11) is 0. The highest BCUT2D eigenvalue weighted by atomic mass is 35.5. The minimum Gasteiger partial charge on any atom is -0.291 e. The van der Waals surface area contributed by atoms with Crippen molar-refractivity contribution in [3.63, 3.8) is 0 Å². The second kappa shape index (κ2) is 5.87. The first-order chi connectivity index (χ1) is 10.6. The minimum absolute atomic E-state index is 0.179. The van der Waals surface area contributed by atoms with Crippen LogP contribution in [0.4, 0.5) is 0 Å². The Hall–Kier alpha value is -2.23. The Morgan fingerprint density at radius 1 is 1.09 bits per heavy atom. The van der Waals surface area contributed by atoms with E-state index in [9.17, 15) is 4.79 Å². The lowest BCUT2D eigenvalue weighted by atomic mass is 10.2. The second-order valence-corrected chi connectivity index (χ2v) is 5.63. The molecule has 0 aliphatic carbocycles. The van der Waals surface area contributed by atoms with Crippen molar-refractivity contribution in [2.45, 2.75) is 0 Å². The number of hydrogen-bond donors (Lipinski definition) is 1. The van der Waals surface area contributed by atoms with Crippen LogP contribution < -0.4 is 16.1 Å². The van der Waals surface area contributed by atoms with E-state index in [0.717, 1.165) is 5.69 Å². The van der Waals surface area contributed by atoms with Crippen LogP contribution in [-0.4, -0.2) is 9.78 Å². The maximum absolute atomic E-state index is 12.6. The zero-order chi connectivity index (χ0) is 15.7. The summed E-state index contributed by atoms with van der Waals surface area (Å²) in [4.78, 5) is 12.6. The van der Waals surface area contributed by atoms with Crippen molar-refractivity contribution in [2.75, 3.05) is 0 Å². The maximum atomic E-state index is 12.6. The molecule has 0 bridgehead atoms. The van der Waals surface area contributed by atoms with Crippen molar-refractivity contribution < 1.29 is 0 Å². The summed E-state index contributed by atoms with van der Waals surface area (Å²) in [6, 6.07) is 14.4. The Bertz CT molecular complexity index is 988. The van der Waals surface area contributed by atoms with Crippen LogP contribution in [-0.2, 0) is 0 Å². The first kappa shape index (κ1) is 14.7. The molecule has 0 fully saturated rings. The standard InChI is InChI=1S/C17H12Cl2N2O/c1-11-15(9-12-7-8-13(18)10-16(12)19)17(22)21(20-11)14-5-3-2-4-6-14/h2-10,20H,1H2. The molecule has 1 aromatic heterocycles. The van der Waals surface area contributed by atoms with Crippen LogP contribution in [0.25, 0.3) is 18.3 Å². The van der Waals surface area contributed by atoms with Crippen LogP contribution in [0.2, 0.25) is 10.0 Å². The van der Waals surface area contributed by atoms with E-state index in [-0.39, 0.29) is 5.56 Å². The lowest BCUT2D eigenvalue weighted by Gasteiger charge is -1.99. The van der Waals surface area contributed by atoms with Crippen LogP contribution in [0.5, 0.6) is 0 Å². The molecule has 22 heavy (non-hydrogen) atoms. The van der Waals surface area contributed by atoms with E-state index in [1.165, 1.54) is 4.68 Å². The molecule has 2 aromatic carbocycles. The molecule has 0 saturated carbocycles. The topological polar surface area (TPSA) is 37.8 Å². The average Bonchev–Trinajstić information content (AvgIpc) is 2.79. The van der Waals surface area contributed by atoms with Gasteiger partial charge >= 0.3 is 0 Å². The zero-order valence-corrected chi connectivity index (χ0v) is 13.0. The largest absolute Gasteiger partial charge is 0.291 e. The number of H-pyrrole nitrogens is 1. The van der Waals surface area contributed by atoms with Gasteiger partial charge in [0.25, 0.3) is 5.56 Å². The molecular formula is C17H12Cl2N2O. The third-order valence-electron chi connectivity index (χ3n) is 3.28. The summed E-state index contributed by atoms with van der Waals surface area (Å²) in [5.41, 5.74) is 1.29. The maximum Gasteiger partial charge on any atom is 0.279 e. The SMILES string of the molecule is C=c1[nH]n(-c2ccccc2)c(=O)c1=Cc1ccc(Cl)cc1Cl. The molecule has 3 rings (SSSR count). The molecule has 3 aromatic rings. The van der Waals surface area contributed by atoms with E-state index >= 15 is 0 Å². The van der Waals surface area contributed by atoms with Crippen LogP contribution in [0.3, 0.4) is 0 Å². The van der Waals surface area contributed by atoms with Crippen molar-refractivity contribution in [2.24, 2.45) is 0 Å². The van der Waals surface area contributed by atoms with Gasteiger partial charge in [-0.15, -0.1) is 0 Å². The molecule has 3 nitrogen and oxygen atoms in total. The highest BCUT2D eigenvalue weighted by Gasteiger charge is 2.05. The van der Waals surface area contributed by atoms with Crippen molar-refractivity contribution in [3.05, 3.63) is 85.1 Å². The highest BCUT2D eigenvalue weighted by molar-refractivity contribution is 6.35. The van der Waals surface area contributed by atoms with Crippen LogP contribution in [0.1, 0.15) is 5.56 Å². The predicted molar refractivity (Wildman–Crippen MR) is 91.2 cm³/mol. The molecule has 1 heterocycles. The quantitative estimate of drug-likeness (QED) is 0.770. The van der Waals surface area contributed by atoms with E-state index in [0.29, 0.717) is 26.2 Å². The summed E-state index contributed by atoms with van der Waals surface area (Å²) in [5, 5.41) is 5.00. The van der Waals surface area contributed by atoms with Gasteiger partial charge < -0.3 is 0 Å². The summed E-state index contributed by atoms with van der Waals surface area (Å²) < 4.78 is 1.46. The Kier molecular flexibility index (Phi) is 3.92. The van der Waals surface area contributed by atoms with Crippen molar-refractivity contribution >= 4 is 35.9 Å². The van der Waals surface area contributed by atoms with Gasteiger partial charge in [0.15, 0.2) is 0 Å². The van der Waals surface area contributed by atoms with Gasteiger partial charge in [-0.2, -0.15) is 0 Å². The lowest BCUT2D eigenvalue weighted by molar-refractivity contribution is 0.838. The van der Waals surface area contributed by atoms with Gasteiger partial charge in [0.05, 0.1) is 16.3 Å². The highest BCUT2D eigenvalue weighted by Crippen LogP contribution is 2.21. The van der Waals surface area contributed by atoms with Gasteiger partial charge in [-0.05, 0) is 35.9 Å². The lowest BCUT2D eigenvalue weighted by Crippen LogP contribution is -2.33. The number of nitrogens with zero attached hydrogens (tertiary/aromatic N) is 1. The average molecular weight is 331 g/mol. The summed E-state index contributed by atoms with van der Waals surface area (Å²) >= 11 is 12.0. The van der Waals surface area contributed by atoms with Crippen LogP contribution in [0.15, 0.2) is 53.3 Å². The number of rotatable bonds is 2. The molecule has 0 atom stereocenters. The van der Waals surface area contributed by atoms with E-state index in [4.69, 9.17) is 23.2 Å². The van der Waals surface area contributed by atoms with E-state index in [2.05, 4.69) is 11.7 Å². The van der Waals surface area contributed by atoms with Gasteiger partial charge in [-0.3, -0.25) is 9.89 Å². The van der Waals surface area contributed by atoms with E-state index in [1.54, 1.807) is 24.3 Å². The monoisotopic (exact) mass is 330 g/mol. The van der Waals surface area contributed by atoms with E-state index < -0.39 is 0 Å². The number of benzene rings is 2. The van der Waals surface area contributed by atoms with Crippen LogP contribution in [0, 0.1) is 0 Å². The van der Waals surface area contributed by atoms with Crippen molar-refractivity contribution in [1.29, 1.82) is 0 Å². The summed E-state index contributed by atoms with van der Waals surface area (Å²) in [6.07, 6.45) is 1.71. The molecule has 0 amide bonds. The zero-order valence-electron chi connectivity index (χ0n) is 11.5. The molecule has 0 radical (unpaired) electrons. The summed E-state index contributed by atoms with van der Waals surface area (Å²) in [6.45, 7) is 3.89. The molecular weight excluding hydrogens is 319 g/mol. The number of para-hydroxylation sites is 1. The van der Waals surface area contributed by atoms with Gasteiger partial charge in [0.2, 0.25) is 0 Å². The van der Waals surface area contributed by atoms with Crippen molar-refractivity contribution in [3.8, 4) is 5.69 Å². The van der Waals surface area contributed by atoms with Gasteiger partial charge in [-0.25, -0.2) is 4.68 Å². The molecule has 0 aliphatic rings. The van der Waals surface area contributed by atoms with Crippen molar-refractivity contribution in [1.82, 2.24) is 9.78 Å². The molecule has 1 N–H and O–H groups in total.